The van der Waals surface area contributed by atoms with Gasteiger partial charge in [0.2, 0.25) is 0 Å². The van der Waals surface area contributed by atoms with E-state index in [4.69, 9.17) is 5.11 Å². The van der Waals surface area contributed by atoms with Gasteiger partial charge in [-0.25, -0.2) is 0 Å². The van der Waals surface area contributed by atoms with Crippen molar-refractivity contribution in [3.05, 3.63) is 12.2 Å². The second-order valence-corrected chi connectivity index (χ2v) is 5.77. The van der Waals surface area contributed by atoms with E-state index in [9.17, 15) is 9.59 Å². The third kappa shape index (κ3) is 7.46. The zero-order valence-corrected chi connectivity index (χ0v) is 12.5. The summed E-state index contributed by atoms with van der Waals surface area (Å²) in [6.45, 7) is 0. The normalized spacial score (nSPS) is 24.4. The predicted octanol–water partition coefficient (Wildman–Crippen LogP) is 4.51. The second kappa shape index (κ2) is 10.6. The van der Waals surface area contributed by atoms with E-state index in [1.165, 1.54) is 38.5 Å². The minimum absolute atomic E-state index is 0.0852. The Morgan fingerprint density at radius 1 is 0.900 bits per heavy atom. The molecule has 1 aliphatic carbocycles. The van der Waals surface area contributed by atoms with Crippen molar-refractivity contribution >= 4 is 11.8 Å². The van der Waals surface area contributed by atoms with E-state index in [-0.39, 0.29) is 5.78 Å². The number of carbonyl (C=O) groups excluding carboxylic acids is 1. The molecule has 0 bridgehead atoms. The summed E-state index contributed by atoms with van der Waals surface area (Å²) in [5.41, 5.74) is 0. The van der Waals surface area contributed by atoms with Crippen LogP contribution in [0.25, 0.3) is 0 Å². The molecule has 0 saturated heterocycles. The molecular weight excluding hydrogens is 252 g/mol. The fourth-order valence-electron chi connectivity index (χ4n) is 2.72. The first-order valence-corrected chi connectivity index (χ1v) is 8.12. The maximum atomic E-state index is 11.9. The second-order valence-electron chi connectivity index (χ2n) is 5.77. The molecule has 114 valence electrons. The van der Waals surface area contributed by atoms with Gasteiger partial charge in [-0.3, -0.25) is 9.59 Å². The molecule has 0 aromatic rings. The molecule has 1 rings (SSSR count). The quantitative estimate of drug-likeness (QED) is 0.568. The third-order valence-electron chi connectivity index (χ3n) is 4.02. The molecule has 1 aliphatic rings. The van der Waals surface area contributed by atoms with Crippen LogP contribution in [-0.2, 0) is 9.59 Å². The van der Waals surface area contributed by atoms with Crippen LogP contribution < -0.4 is 0 Å². The molecule has 0 amide bonds. The summed E-state index contributed by atoms with van der Waals surface area (Å²) in [7, 11) is 0. The Morgan fingerprint density at radius 2 is 1.45 bits per heavy atom. The number of carboxylic acids is 1. The average Bonchev–Trinajstić information content (AvgIpc) is 2.41. The van der Waals surface area contributed by atoms with Gasteiger partial charge in [0.25, 0.3) is 0 Å². The van der Waals surface area contributed by atoms with Crippen LogP contribution in [0.2, 0.25) is 0 Å². The molecule has 0 saturated carbocycles. The highest BCUT2D eigenvalue weighted by Gasteiger charge is 2.24. The highest BCUT2D eigenvalue weighted by molar-refractivity contribution is 5.98. The summed E-state index contributed by atoms with van der Waals surface area (Å²) >= 11 is 0. The van der Waals surface area contributed by atoms with Gasteiger partial charge < -0.3 is 5.11 Å². The van der Waals surface area contributed by atoms with Crippen molar-refractivity contribution in [3.8, 4) is 0 Å². The first kappa shape index (κ1) is 16.9. The van der Waals surface area contributed by atoms with Crippen molar-refractivity contribution in [2.45, 2.75) is 77.0 Å². The number of carboxylic acid groups (broad SMARTS) is 1. The molecular formula is C17H28O3. The number of hydrogen-bond acceptors (Lipinski definition) is 2. The average molecular weight is 280 g/mol. The Bertz CT molecular complexity index is 320. The van der Waals surface area contributed by atoms with Crippen molar-refractivity contribution in [2.24, 2.45) is 5.92 Å². The molecule has 0 aliphatic heterocycles. The molecule has 0 fully saturated rings. The Morgan fingerprint density at radius 3 is 2.10 bits per heavy atom. The van der Waals surface area contributed by atoms with E-state index in [0.29, 0.717) is 19.3 Å². The fourth-order valence-corrected chi connectivity index (χ4v) is 2.72. The summed E-state index contributed by atoms with van der Waals surface area (Å²) in [6, 6.07) is 0. The van der Waals surface area contributed by atoms with Crippen LogP contribution >= 0.6 is 0 Å². The zero-order valence-electron chi connectivity index (χ0n) is 12.5. The Labute approximate surface area is 122 Å². The lowest BCUT2D eigenvalue weighted by molar-refractivity contribution is -0.146. The van der Waals surface area contributed by atoms with E-state index in [1.54, 1.807) is 0 Å². The van der Waals surface area contributed by atoms with Crippen molar-refractivity contribution in [2.75, 3.05) is 0 Å². The smallest absolute Gasteiger partial charge is 0.314 e. The summed E-state index contributed by atoms with van der Waals surface area (Å²) in [5, 5.41) is 9.15. The summed E-state index contributed by atoms with van der Waals surface area (Å²) in [4.78, 5) is 23.1. The zero-order chi connectivity index (χ0) is 14.6. The molecule has 0 aromatic heterocycles. The third-order valence-corrected chi connectivity index (χ3v) is 4.02. The predicted molar refractivity (Wildman–Crippen MR) is 80.7 cm³/mol. The fraction of sp³-hybridized carbons (Fsp3) is 0.765. The van der Waals surface area contributed by atoms with Crippen molar-refractivity contribution in [1.29, 1.82) is 0 Å². The number of Topliss-reactive ketones (excluding diaryl/α,β-unsaturated/α-hetero) is 1. The van der Waals surface area contributed by atoms with E-state index >= 15 is 0 Å². The van der Waals surface area contributed by atoms with Crippen molar-refractivity contribution in [1.82, 2.24) is 0 Å². The monoisotopic (exact) mass is 280 g/mol. The van der Waals surface area contributed by atoms with E-state index in [1.807, 2.05) is 6.08 Å². The molecule has 1 atom stereocenters. The SMILES string of the molecule is O=C(O)C1CCC=CCCCCCCCCCCC1=O. The van der Waals surface area contributed by atoms with Gasteiger partial charge in [0.1, 0.15) is 11.7 Å². The minimum Gasteiger partial charge on any atom is -0.481 e. The molecule has 1 N–H and O–H groups in total. The maximum absolute atomic E-state index is 11.9. The summed E-state index contributed by atoms with van der Waals surface area (Å²) in [5.74, 6) is -1.84. The summed E-state index contributed by atoms with van der Waals surface area (Å²) < 4.78 is 0. The molecule has 0 radical (unpaired) electrons. The minimum atomic E-state index is -0.954. The lowest BCUT2D eigenvalue weighted by Gasteiger charge is -2.10. The Balaban J connectivity index is 2.47. The molecule has 20 heavy (non-hydrogen) atoms. The van der Waals surface area contributed by atoms with Gasteiger partial charge in [-0.2, -0.15) is 0 Å². The maximum Gasteiger partial charge on any atom is 0.314 e. The van der Waals surface area contributed by atoms with Gasteiger partial charge in [0, 0.05) is 6.42 Å². The lowest BCUT2D eigenvalue weighted by Crippen LogP contribution is -2.23. The molecule has 1 unspecified atom stereocenters. The van der Waals surface area contributed by atoms with Crippen LogP contribution in [0.15, 0.2) is 12.2 Å². The van der Waals surface area contributed by atoms with Gasteiger partial charge in [-0.15, -0.1) is 0 Å². The van der Waals surface area contributed by atoms with Crippen LogP contribution in [0.1, 0.15) is 77.0 Å². The van der Waals surface area contributed by atoms with Crippen LogP contribution in [0.4, 0.5) is 0 Å². The standard InChI is InChI=1S/C17H28O3/c18-16-14-12-10-8-6-4-2-1-3-5-7-9-11-13-15(16)17(19)20/h7,9,15H,1-6,8,10-14H2,(H,19,20). The van der Waals surface area contributed by atoms with Gasteiger partial charge >= 0.3 is 5.97 Å². The number of rotatable bonds is 1. The Kier molecular flexibility index (Phi) is 9.01. The molecule has 3 nitrogen and oxygen atoms in total. The molecule has 3 heteroatoms. The van der Waals surface area contributed by atoms with Gasteiger partial charge in [0.15, 0.2) is 0 Å². The first-order valence-electron chi connectivity index (χ1n) is 8.12. The van der Waals surface area contributed by atoms with Crippen molar-refractivity contribution < 1.29 is 14.7 Å². The molecule has 0 aromatic carbocycles. The van der Waals surface area contributed by atoms with E-state index in [0.717, 1.165) is 19.3 Å². The van der Waals surface area contributed by atoms with Crippen LogP contribution in [0.5, 0.6) is 0 Å². The number of ketones is 1. The van der Waals surface area contributed by atoms with E-state index in [2.05, 4.69) is 6.08 Å². The number of carbonyl (C=O) groups is 2. The Hall–Kier alpha value is -1.12. The largest absolute Gasteiger partial charge is 0.481 e. The molecule has 0 spiro atoms. The van der Waals surface area contributed by atoms with Crippen molar-refractivity contribution in [3.63, 3.8) is 0 Å². The lowest BCUT2D eigenvalue weighted by atomic mass is 9.94. The first-order chi connectivity index (χ1) is 9.72. The van der Waals surface area contributed by atoms with Gasteiger partial charge in [-0.1, -0.05) is 50.7 Å². The molecule has 0 heterocycles. The topological polar surface area (TPSA) is 54.4 Å². The van der Waals surface area contributed by atoms with Crippen LogP contribution in [0.3, 0.4) is 0 Å². The van der Waals surface area contributed by atoms with Crippen LogP contribution in [-0.4, -0.2) is 16.9 Å². The van der Waals surface area contributed by atoms with E-state index < -0.39 is 11.9 Å². The number of aliphatic carboxylic acids is 1. The summed E-state index contributed by atoms with van der Waals surface area (Å²) in [6.07, 6.45) is 16.2. The van der Waals surface area contributed by atoms with Gasteiger partial charge in [-0.05, 0) is 32.1 Å². The van der Waals surface area contributed by atoms with Crippen LogP contribution in [0, 0.1) is 5.92 Å². The highest BCUT2D eigenvalue weighted by atomic mass is 16.4. The van der Waals surface area contributed by atoms with Gasteiger partial charge in [0.05, 0.1) is 0 Å². The number of allylic oxidation sites excluding steroid dienone is 2. The number of hydrogen-bond donors (Lipinski definition) is 1. The highest BCUT2D eigenvalue weighted by Crippen LogP contribution is 2.16.